The van der Waals surface area contributed by atoms with Gasteiger partial charge in [-0.2, -0.15) is 0 Å². The monoisotopic (exact) mass is 419 g/mol. The van der Waals surface area contributed by atoms with Crippen molar-refractivity contribution in [2.24, 2.45) is 0 Å². The van der Waals surface area contributed by atoms with Crippen molar-refractivity contribution in [3.05, 3.63) is 76.9 Å². The zero-order chi connectivity index (χ0) is 21.8. The van der Waals surface area contributed by atoms with Crippen LogP contribution < -0.4 is 24.3 Å². The predicted octanol–water partition coefficient (Wildman–Crippen LogP) is 5.26. The summed E-state index contributed by atoms with van der Waals surface area (Å²) < 4.78 is 22.4. The van der Waals surface area contributed by atoms with E-state index in [9.17, 15) is 4.79 Å². The van der Waals surface area contributed by atoms with Crippen molar-refractivity contribution in [2.45, 2.75) is 27.4 Å². The van der Waals surface area contributed by atoms with Crippen LogP contribution in [0.5, 0.6) is 23.0 Å². The minimum atomic E-state index is -0.227. The number of benzene rings is 3. The molecule has 0 atom stereocenters. The quantitative estimate of drug-likeness (QED) is 0.566. The number of anilines is 1. The molecule has 160 valence electrons. The molecule has 0 spiro atoms. The Bertz CT molecular complexity index is 1110. The summed E-state index contributed by atoms with van der Waals surface area (Å²) in [6.45, 7) is 7.05. The minimum Gasteiger partial charge on any atom is -0.493 e. The second-order valence-corrected chi connectivity index (χ2v) is 7.31. The van der Waals surface area contributed by atoms with Crippen LogP contribution in [-0.2, 0) is 6.61 Å². The van der Waals surface area contributed by atoms with Gasteiger partial charge in [0.2, 0.25) is 6.79 Å². The predicted molar refractivity (Wildman–Crippen MR) is 118 cm³/mol. The lowest BCUT2D eigenvalue weighted by molar-refractivity contribution is 0.102. The van der Waals surface area contributed by atoms with E-state index in [-0.39, 0.29) is 12.7 Å². The molecule has 0 fully saturated rings. The second-order valence-electron chi connectivity index (χ2n) is 7.31. The van der Waals surface area contributed by atoms with Gasteiger partial charge in [0.1, 0.15) is 18.1 Å². The number of aryl methyl sites for hydroxylation is 2. The Morgan fingerprint density at radius 3 is 2.58 bits per heavy atom. The molecule has 3 aromatic carbocycles. The van der Waals surface area contributed by atoms with Gasteiger partial charge in [0.15, 0.2) is 11.5 Å². The second kappa shape index (κ2) is 9.00. The summed E-state index contributed by atoms with van der Waals surface area (Å²) in [5, 5.41) is 2.90. The molecule has 1 heterocycles. The van der Waals surface area contributed by atoms with Crippen LogP contribution in [0.2, 0.25) is 0 Å². The first-order valence-electron chi connectivity index (χ1n) is 10.2. The summed E-state index contributed by atoms with van der Waals surface area (Å²) in [7, 11) is 0. The molecule has 0 aliphatic carbocycles. The number of carbonyl (C=O) groups excluding carboxylic acids is 1. The first-order chi connectivity index (χ1) is 15.0. The van der Waals surface area contributed by atoms with Crippen molar-refractivity contribution < 1.29 is 23.7 Å². The van der Waals surface area contributed by atoms with Crippen molar-refractivity contribution in [1.29, 1.82) is 0 Å². The van der Waals surface area contributed by atoms with Gasteiger partial charge in [0, 0.05) is 22.9 Å². The van der Waals surface area contributed by atoms with Gasteiger partial charge in [0.25, 0.3) is 5.91 Å². The Morgan fingerprint density at radius 1 is 0.935 bits per heavy atom. The van der Waals surface area contributed by atoms with E-state index in [4.69, 9.17) is 18.9 Å². The lowest BCUT2D eigenvalue weighted by Crippen LogP contribution is -2.13. The van der Waals surface area contributed by atoms with E-state index < -0.39 is 0 Å². The first-order valence-corrected chi connectivity index (χ1v) is 10.2. The summed E-state index contributed by atoms with van der Waals surface area (Å²) in [5.74, 6) is 2.54. The molecule has 0 aromatic heterocycles. The highest BCUT2D eigenvalue weighted by Gasteiger charge is 2.16. The number of amides is 1. The molecule has 1 amide bonds. The molecule has 3 aromatic rings. The maximum absolute atomic E-state index is 12.8. The fourth-order valence-corrected chi connectivity index (χ4v) is 3.27. The fourth-order valence-electron chi connectivity index (χ4n) is 3.27. The van der Waals surface area contributed by atoms with Crippen LogP contribution in [0.15, 0.2) is 54.6 Å². The van der Waals surface area contributed by atoms with Crippen molar-refractivity contribution in [3.8, 4) is 23.0 Å². The molecule has 6 nitrogen and oxygen atoms in total. The summed E-state index contributed by atoms with van der Waals surface area (Å²) >= 11 is 0. The lowest BCUT2D eigenvalue weighted by Gasteiger charge is -2.14. The summed E-state index contributed by atoms with van der Waals surface area (Å²) in [5.41, 5.74) is 4.33. The third-order valence-corrected chi connectivity index (χ3v) is 5.13. The summed E-state index contributed by atoms with van der Waals surface area (Å²) in [6.07, 6.45) is 0. The van der Waals surface area contributed by atoms with Gasteiger partial charge in [-0.25, -0.2) is 0 Å². The Balaban J connectivity index is 1.51. The standard InChI is InChI=1S/C25H25NO5/c1-4-28-22-9-6-18(12-19(22)14-29-21-8-5-16(2)17(3)11-21)25(27)26-20-7-10-23-24(13-20)31-15-30-23/h5-13H,4,14-15H2,1-3H3,(H,26,27). The molecule has 0 radical (unpaired) electrons. The molecule has 6 heteroatoms. The summed E-state index contributed by atoms with van der Waals surface area (Å²) in [6, 6.07) is 16.6. The van der Waals surface area contributed by atoms with E-state index in [0.717, 1.165) is 11.3 Å². The maximum atomic E-state index is 12.8. The van der Waals surface area contributed by atoms with Crippen molar-refractivity contribution >= 4 is 11.6 Å². The minimum absolute atomic E-state index is 0.190. The number of ether oxygens (including phenoxy) is 4. The highest BCUT2D eigenvalue weighted by Crippen LogP contribution is 2.34. The van der Waals surface area contributed by atoms with Crippen LogP contribution in [-0.4, -0.2) is 19.3 Å². The molecule has 1 aliphatic heterocycles. The molecule has 1 aliphatic rings. The van der Waals surface area contributed by atoms with E-state index in [2.05, 4.69) is 19.2 Å². The van der Waals surface area contributed by atoms with E-state index in [1.165, 1.54) is 11.1 Å². The van der Waals surface area contributed by atoms with Crippen LogP contribution in [0.1, 0.15) is 34.0 Å². The SMILES string of the molecule is CCOc1ccc(C(=O)Nc2ccc3c(c2)OCO3)cc1COc1ccc(C)c(C)c1. The van der Waals surface area contributed by atoms with Crippen LogP contribution in [0, 0.1) is 13.8 Å². The highest BCUT2D eigenvalue weighted by atomic mass is 16.7. The van der Waals surface area contributed by atoms with Gasteiger partial charge in [-0.15, -0.1) is 0 Å². The van der Waals surface area contributed by atoms with E-state index in [1.54, 1.807) is 36.4 Å². The number of carbonyl (C=O) groups is 1. The largest absolute Gasteiger partial charge is 0.493 e. The highest BCUT2D eigenvalue weighted by molar-refractivity contribution is 6.04. The Kier molecular flexibility index (Phi) is 5.98. The normalized spacial score (nSPS) is 11.8. The maximum Gasteiger partial charge on any atom is 0.255 e. The van der Waals surface area contributed by atoms with Crippen LogP contribution in [0.25, 0.3) is 0 Å². The molecule has 0 unspecified atom stereocenters. The number of nitrogens with one attached hydrogen (secondary N) is 1. The van der Waals surface area contributed by atoms with Crippen molar-refractivity contribution in [1.82, 2.24) is 0 Å². The fraction of sp³-hybridized carbons (Fsp3) is 0.240. The molecule has 0 saturated heterocycles. The third kappa shape index (κ3) is 4.74. The molecule has 0 bridgehead atoms. The van der Waals surface area contributed by atoms with Crippen LogP contribution in [0.3, 0.4) is 0 Å². The molecule has 31 heavy (non-hydrogen) atoms. The van der Waals surface area contributed by atoms with E-state index in [0.29, 0.717) is 41.7 Å². The average Bonchev–Trinajstić information content (AvgIpc) is 3.23. The number of hydrogen-bond acceptors (Lipinski definition) is 5. The molecule has 0 saturated carbocycles. The number of rotatable bonds is 7. The lowest BCUT2D eigenvalue weighted by atomic mass is 10.1. The van der Waals surface area contributed by atoms with Gasteiger partial charge < -0.3 is 24.3 Å². The van der Waals surface area contributed by atoms with Gasteiger partial charge in [-0.3, -0.25) is 4.79 Å². The van der Waals surface area contributed by atoms with Crippen molar-refractivity contribution in [3.63, 3.8) is 0 Å². The zero-order valence-corrected chi connectivity index (χ0v) is 17.9. The van der Waals surface area contributed by atoms with Gasteiger partial charge >= 0.3 is 0 Å². The van der Waals surface area contributed by atoms with Crippen LogP contribution in [0.4, 0.5) is 5.69 Å². The first kappa shape index (κ1) is 20.6. The topological polar surface area (TPSA) is 66.0 Å². The van der Waals surface area contributed by atoms with Gasteiger partial charge in [-0.1, -0.05) is 6.07 Å². The summed E-state index contributed by atoms with van der Waals surface area (Å²) in [4.78, 5) is 12.8. The van der Waals surface area contributed by atoms with E-state index in [1.807, 2.05) is 25.1 Å². The van der Waals surface area contributed by atoms with Gasteiger partial charge in [0.05, 0.1) is 6.61 Å². The Labute approximate surface area is 181 Å². The Hall–Kier alpha value is -3.67. The van der Waals surface area contributed by atoms with Gasteiger partial charge in [-0.05, 0) is 74.4 Å². The smallest absolute Gasteiger partial charge is 0.255 e. The number of fused-ring (bicyclic) bond motifs is 1. The molecule has 4 rings (SSSR count). The number of hydrogen-bond donors (Lipinski definition) is 1. The molecular formula is C25H25NO5. The van der Waals surface area contributed by atoms with Crippen molar-refractivity contribution in [2.75, 3.05) is 18.7 Å². The van der Waals surface area contributed by atoms with Crippen LogP contribution >= 0.6 is 0 Å². The van der Waals surface area contributed by atoms with E-state index >= 15 is 0 Å². The zero-order valence-electron chi connectivity index (χ0n) is 17.9. The molecule has 1 N–H and O–H groups in total. The Morgan fingerprint density at radius 2 is 1.77 bits per heavy atom. The molecular weight excluding hydrogens is 394 g/mol. The third-order valence-electron chi connectivity index (χ3n) is 5.13. The average molecular weight is 419 g/mol.